The number of aliphatic carboxylic acids is 1. The summed E-state index contributed by atoms with van der Waals surface area (Å²) in [6.07, 6.45) is 6.78. The second kappa shape index (κ2) is 13.9. The van der Waals surface area contributed by atoms with Crippen LogP contribution in [0.25, 0.3) is 11.3 Å². The second-order valence-electron chi connectivity index (χ2n) is 15.2. The van der Waals surface area contributed by atoms with E-state index in [0.29, 0.717) is 25.1 Å². The van der Waals surface area contributed by atoms with E-state index in [0.717, 1.165) is 30.4 Å². The lowest BCUT2D eigenvalue weighted by atomic mass is 9.93. The van der Waals surface area contributed by atoms with Crippen LogP contribution in [0.4, 0.5) is 4.79 Å². The fourth-order valence-corrected chi connectivity index (χ4v) is 7.59. The number of carboxylic acids is 1. The number of carboxylic acid groups (broad SMARTS) is 1. The predicted molar refractivity (Wildman–Crippen MR) is 185 cm³/mol. The van der Waals surface area contributed by atoms with Gasteiger partial charge in [-0.15, -0.1) is 0 Å². The van der Waals surface area contributed by atoms with E-state index in [1.807, 2.05) is 49.4 Å². The summed E-state index contributed by atoms with van der Waals surface area (Å²) in [6.45, 7) is 7.89. The molecule has 4 heterocycles. The van der Waals surface area contributed by atoms with Crippen LogP contribution in [-0.2, 0) is 19.1 Å². The maximum absolute atomic E-state index is 14.3. The van der Waals surface area contributed by atoms with E-state index in [1.54, 1.807) is 37.8 Å². The molecule has 3 N–H and O–H groups in total. The number of fused-ring (bicyclic) bond motifs is 4. The fourth-order valence-electron chi connectivity index (χ4n) is 7.59. The molecule has 1 aliphatic carbocycles. The van der Waals surface area contributed by atoms with E-state index >= 15 is 0 Å². The molecule has 1 aromatic carbocycles. The SMILES string of the molecule is Cc1ccc(-c2cccc(C(=O)N3C[C@H]4CN5C(=O)[C@H](NC(=O)OC(C)(C)C)CCCCC/C=C\[C@H]6C[C@@]6(C(=O)O)NC(=O)[C@@H]5[C@H]4C3)n2)cc1. The van der Waals surface area contributed by atoms with Crippen molar-refractivity contribution in [2.45, 2.75) is 89.4 Å². The standard InChI is InChI=1S/C38H47N5O7/c1-23-15-17-24(18-16-23)28-13-10-14-29(39-28)33(45)42-20-25-21-43-31(27(25)22-42)32(44)41-38(35(47)48)19-26(38)11-8-6-5-7-9-12-30(34(43)46)40-36(49)50-37(2,3)4/h8,10-11,13-18,25-27,30-31H,5-7,9,12,19-22H2,1-4H3,(H,40,49)(H,41,44)(H,47,48)/b11-8-/t25-,26-,27-,30+,31-,38+/m0/s1. The van der Waals surface area contributed by atoms with Gasteiger partial charge in [-0.1, -0.05) is 60.9 Å². The highest BCUT2D eigenvalue weighted by Gasteiger charge is 2.62. The third kappa shape index (κ3) is 7.39. The first-order valence-electron chi connectivity index (χ1n) is 17.6. The van der Waals surface area contributed by atoms with Crippen molar-refractivity contribution in [2.24, 2.45) is 17.8 Å². The van der Waals surface area contributed by atoms with Crippen molar-refractivity contribution in [2.75, 3.05) is 19.6 Å². The zero-order valence-electron chi connectivity index (χ0n) is 29.2. The molecule has 2 saturated heterocycles. The van der Waals surface area contributed by atoms with Crippen molar-refractivity contribution in [3.05, 3.63) is 65.9 Å². The number of benzene rings is 1. The number of hydrogen-bond donors (Lipinski definition) is 3. The maximum atomic E-state index is 14.3. The number of allylic oxidation sites excluding steroid dienone is 1. The van der Waals surface area contributed by atoms with Gasteiger partial charge in [-0.3, -0.25) is 14.4 Å². The minimum atomic E-state index is -1.46. The third-order valence-electron chi connectivity index (χ3n) is 10.3. The molecule has 0 radical (unpaired) electrons. The molecule has 50 heavy (non-hydrogen) atoms. The summed E-state index contributed by atoms with van der Waals surface area (Å²) in [6, 6.07) is 11.2. The van der Waals surface area contributed by atoms with Gasteiger partial charge >= 0.3 is 12.1 Å². The second-order valence-corrected chi connectivity index (χ2v) is 15.2. The lowest BCUT2D eigenvalue weighted by Crippen LogP contribution is -2.58. The first-order chi connectivity index (χ1) is 23.8. The highest BCUT2D eigenvalue weighted by molar-refractivity contribution is 5.97. The maximum Gasteiger partial charge on any atom is 0.408 e. The first-order valence-corrected chi connectivity index (χ1v) is 17.6. The number of hydrogen-bond acceptors (Lipinski definition) is 7. The van der Waals surface area contributed by atoms with Crippen LogP contribution in [0.2, 0.25) is 0 Å². The van der Waals surface area contributed by atoms with Gasteiger partial charge in [0, 0.05) is 43.0 Å². The number of aromatic nitrogens is 1. The summed E-state index contributed by atoms with van der Waals surface area (Å²) in [4.78, 5) is 75.7. The molecule has 0 unspecified atom stereocenters. The zero-order valence-corrected chi connectivity index (χ0v) is 29.2. The molecule has 1 saturated carbocycles. The van der Waals surface area contributed by atoms with Crippen LogP contribution in [0.5, 0.6) is 0 Å². The number of aryl methyl sites for hydroxylation is 1. The van der Waals surface area contributed by atoms with Gasteiger partial charge < -0.3 is 30.3 Å². The number of pyridine rings is 1. The summed E-state index contributed by atoms with van der Waals surface area (Å²) in [5, 5.41) is 15.8. The molecule has 3 aliphatic heterocycles. The van der Waals surface area contributed by atoms with E-state index in [9.17, 15) is 29.1 Å². The summed E-state index contributed by atoms with van der Waals surface area (Å²) in [7, 11) is 0. The molecule has 4 aliphatic rings. The van der Waals surface area contributed by atoms with Crippen LogP contribution >= 0.6 is 0 Å². The number of likely N-dealkylation sites (tertiary alicyclic amines) is 1. The Morgan fingerprint density at radius 2 is 1.78 bits per heavy atom. The molecule has 4 amide bonds. The topological polar surface area (TPSA) is 158 Å². The lowest BCUT2D eigenvalue weighted by molar-refractivity contribution is -0.146. The Bertz CT molecular complexity index is 1680. The Balaban J connectivity index is 1.27. The highest BCUT2D eigenvalue weighted by Crippen LogP contribution is 2.46. The largest absolute Gasteiger partial charge is 0.479 e. The van der Waals surface area contributed by atoms with Crippen molar-refractivity contribution < 1.29 is 33.8 Å². The summed E-state index contributed by atoms with van der Waals surface area (Å²) >= 11 is 0. The number of ether oxygens (including phenoxy) is 1. The van der Waals surface area contributed by atoms with Crippen LogP contribution < -0.4 is 10.6 Å². The number of carbonyl (C=O) groups excluding carboxylic acids is 4. The number of alkyl carbamates (subject to hydrolysis) is 1. The Labute approximate surface area is 292 Å². The van der Waals surface area contributed by atoms with Crippen LogP contribution in [0.3, 0.4) is 0 Å². The third-order valence-corrected chi connectivity index (χ3v) is 10.3. The van der Waals surface area contributed by atoms with Crippen molar-refractivity contribution in [1.29, 1.82) is 0 Å². The highest BCUT2D eigenvalue weighted by atomic mass is 16.6. The van der Waals surface area contributed by atoms with Crippen molar-refractivity contribution in [3.63, 3.8) is 0 Å². The van der Waals surface area contributed by atoms with Gasteiger partial charge in [0.25, 0.3) is 5.91 Å². The number of nitrogens with one attached hydrogen (secondary N) is 2. The average Bonchev–Trinajstić information content (AvgIpc) is 3.41. The molecular formula is C38H47N5O7. The monoisotopic (exact) mass is 685 g/mol. The van der Waals surface area contributed by atoms with Crippen LogP contribution in [0.15, 0.2) is 54.6 Å². The molecule has 2 aromatic rings. The van der Waals surface area contributed by atoms with Gasteiger partial charge in [-0.05, 0) is 65.5 Å². The van der Waals surface area contributed by atoms with Gasteiger partial charge in [-0.2, -0.15) is 0 Å². The lowest BCUT2D eigenvalue weighted by Gasteiger charge is -2.33. The molecule has 266 valence electrons. The fraction of sp³-hybridized carbons (Fsp3) is 0.526. The minimum Gasteiger partial charge on any atom is -0.479 e. The zero-order chi connectivity index (χ0) is 35.8. The van der Waals surface area contributed by atoms with Crippen LogP contribution in [-0.4, -0.2) is 92.5 Å². The van der Waals surface area contributed by atoms with Gasteiger partial charge in [-0.25, -0.2) is 14.6 Å². The molecule has 12 nitrogen and oxygen atoms in total. The first kappa shape index (κ1) is 35.1. The van der Waals surface area contributed by atoms with Gasteiger partial charge in [0.15, 0.2) is 0 Å². The molecule has 6 atom stereocenters. The Morgan fingerprint density at radius 3 is 2.50 bits per heavy atom. The number of carbonyl (C=O) groups is 5. The quantitative estimate of drug-likeness (QED) is 0.402. The van der Waals surface area contributed by atoms with Crippen molar-refractivity contribution >= 4 is 29.8 Å². The normalized spacial score (nSPS) is 29.0. The Morgan fingerprint density at radius 1 is 1.02 bits per heavy atom. The van der Waals surface area contributed by atoms with E-state index in [4.69, 9.17) is 4.74 Å². The van der Waals surface area contributed by atoms with E-state index < -0.39 is 53.0 Å². The van der Waals surface area contributed by atoms with Crippen LogP contribution in [0.1, 0.15) is 75.3 Å². The predicted octanol–water partition coefficient (Wildman–Crippen LogP) is 4.33. The summed E-state index contributed by atoms with van der Waals surface area (Å²) < 4.78 is 5.48. The van der Waals surface area contributed by atoms with E-state index in [1.165, 1.54) is 4.90 Å². The molecule has 0 bridgehead atoms. The molecule has 6 rings (SSSR count). The summed E-state index contributed by atoms with van der Waals surface area (Å²) in [5.41, 5.74) is 0.723. The molecular weight excluding hydrogens is 638 g/mol. The van der Waals surface area contributed by atoms with Gasteiger partial charge in [0.05, 0.1) is 5.69 Å². The van der Waals surface area contributed by atoms with Crippen LogP contribution in [0, 0.1) is 24.7 Å². The number of rotatable bonds is 4. The van der Waals surface area contributed by atoms with E-state index in [2.05, 4.69) is 15.6 Å². The molecule has 3 fully saturated rings. The molecule has 0 spiro atoms. The Hall–Kier alpha value is -4.74. The average molecular weight is 686 g/mol. The number of amides is 4. The number of nitrogens with zero attached hydrogens (tertiary/aromatic N) is 3. The van der Waals surface area contributed by atoms with Crippen molar-refractivity contribution in [3.8, 4) is 11.3 Å². The molecule has 12 heteroatoms. The molecule has 1 aromatic heterocycles. The van der Waals surface area contributed by atoms with Gasteiger partial charge in [0.1, 0.15) is 28.9 Å². The smallest absolute Gasteiger partial charge is 0.408 e. The van der Waals surface area contributed by atoms with Gasteiger partial charge in [0.2, 0.25) is 11.8 Å². The van der Waals surface area contributed by atoms with E-state index in [-0.39, 0.29) is 42.9 Å². The minimum absolute atomic E-state index is 0.179. The summed E-state index contributed by atoms with van der Waals surface area (Å²) in [5.74, 6) is -3.42. The van der Waals surface area contributed by atoms with Crippen molar-refractivity contribution in [1.82, 2.24) is 25.4 Å². The Kier molecular flexibility index (Phi) is 9.74.